The Bertz CT molecular complexity index is 4900. The Hall–Kier alpha value is -11.3. The van der Waals surface area contributed by atoms with Gasteiger partial charge in [-0.25, -0.2) is 4.98 Å². The minimum atomic E-state index is 0.690. The van der Waals surface area contributed by atoms with E-state index in [1.165, 1.54) is 0 Å². The number of rotatable bonds is 11. The molecule has 0 saturated heterocycles. The van der Waals surface area contributed by atoms with Gasteiger partial charge in [-0.05, 0) is 152 Å². The predicted octanol–water partition coefficient (Wildman–Crippen LogP) is 19.9. The van der Waals surface area contributed by atoms with Crippen molar-refractivity contribution in [1.29, 1.82) is 0 Å². The highest BCUT2D eigenvalue weighted by atomic mass is 16.5. The number of hydrogen-bond acceptors (Lipinski definition) is 3. The van der Waals surface area contributed by atoms with Gasteiger partial charge < -0.3 is 9.15 Å². The van der Waals surface area contributed by atoms with Crippen LogP contribution in [0.15, 0.2) is 308 Å². The Labute approximate surface area is 485 Å². The Kier molecular flexibility index (Phi) is 11.8. The second-order valence-corrected chi connectivity index (χ2v) is 21.3. The maximum atomic E-state index is 6.92. The summed E-state index contributed by atoms with van der Waals surface area (Å²) in [6.07, 6.45) is 5.80. The number of furan rings is 1. The molecule has 0 fully saturated rings. The van der Waals surface area contributed by atoms with E-state index < -0.39 is 0 Å². The van der Waals surface area contributed by atoms with Gasteiger partial charge in [0.1, 0.15) is 22.9 Å². The monoisotopic (exact) mass is 1070 g/mol. The minimum absolute atomic E-state index is 0.690. The van der Waals surface area contributed by atoms with Crippen molar-refractivity contribution in [3.05, 3.63) is 310 Å². The molecule has 0 atom stereocenters. The van der Waals surface area contributed by atoms with Crippen LogP contribution < -0.4 is 9.30 Å². The maximum Gasteiger partial charge on any atom is 0.269 e. The fourth-order valence-corrected chi connectivity index (χ4v) is 12.2. The van der Waals surface area contributed by atoms with Gasteiger partial charge in [0, 0.05) is 27.6 Å². The molecule has 84 heavy (non-hydrogen) atoms. The fourth-order valence-electron chi connectivity index (χ4n) is 12.2. The number of pyridine rings is 1. The Morgan fingerprint density at radius 3 is 1.46 bits per heavy atom. The molecular formula is C78H50N4O2. The molecule has 0 N–H and O–H groups in total. The smallest absolute Gasteiger partial charge is 0.269 e. The lowest BCUT2D eigenvalue weighted by atomic mass is 9.89. The largest absolute Gasteiger partial charge is 0.458 e. The molecule has 4 aromatic heterocycles. The van der Waals surface area contributed by atoms with E-state index in [4.69, 9.17) is 14.1 Å². The molecule has 0 unspecified atom stereocenters. The van der Waals surface area contributed by atoms with Crippen molar-refractivity contribution in [3.63, 3.8) is 0 Å². The molecule has 394 valence electrons. The van der Waals surface area contributed by atoms with Crippen molar-refractivity contribution >= 4 is 54.8 Å². The molecular weight excluding hydrogens is 1020 g/mol. The number of aromatic nitrogens is 4. The second-order valence-electron chi connectivity index (χ2n) is 21.3. The molecule has 6 heteroatoms. The van der Waals surface area contributed by atoms with E-state index in [9.17, 15) is 0 Å². The normalized spacial score (nSPS) is 11.6. The van der Waals surface area contributed by atoms with Gasteiger partial charge in [0.15, 0.2) is 5.58 Å². The van der Waals surface area contributed by atoms with E-state index in [1.807, 2.05) is 30.5 Å². The van der Waals surface area contributed by atoms with E-state index in [1.54, 1.807) is 0 Å². The van der Waals surface area contributed by atoms with Crippen molar-refractivity contribution in [3.8, 4) is 95.5 Å². The van der Waals surface area contributed by atoms with Gasteiger partial charge in [0.2, 0.25) is 0 Å². The summed E-state index contributed by atoms with van der Waals surface area (Å²) in [5.41, 5.74) is 21.0. The predicted molar refractivity (Wildman–Crippen MR) is 342 cm³/mol. The van der Waals surface area contributed by atoms with Gasteiger partial charge in [-0.2, -0.15) is 0 Å². The van der Waals surface area contributed by atoms with Gasteiger partial charge in [-0.1, -0.05) is 206 Å². The van der Waals surface area contributed by atoms with Crippen LogP contribution in [0.4, 0.5) is 0 Å². The molecule has 16 rings (SSSR count). The number of ether oxygens (including phenoxy) is 1. The highest BCUT2D eigenvalue weighted by molar-refractivity contribution is 6.10. The molecule has 0 aliphatic heterocycles. The molecule has 0 amide bonds. The number of benzene rings is 12. The van der Waals surface area contributed by atoms with Gasteiger partial charge in [0.25, 0.3) is 6.33 Å². The van der Waals surface area contributed by atoms with Crippen LogP contribution in [0.5, 0.6) is 11.5 Å². The van der Waals surface area contributed by atoms with Crippen LogP contribution in [0.1, 0.15) is 0 Å². The van der Waals surface area contributed by atoms with Crippen LogP contribution in [0.3, 0.4) is 0 Å². The van der Waals surface area contributed by atoms with Crippen LogP contribution >= 0.6 is 0 Å². The van der Waals surface area contributed by atoms with E-state index in [0.717, 1.165) is 139 Å². The average molecular weight is 1080 g/mol. The van der Waals surface area contributed by atoms with Crippen LogP contribution in [-0.4, -0.2) is 14.1 Å². The van der Waals surface area contributed by atoms with Crippen molar-refractivity contribution in [2.75, 3.05) is 0 Å². The minimum Gasteiger partial charge on any atom is -0.458 e. The fraction of sp³-hybridized carbons (Fsp3) is 0. The van der Waals surface area contributed by atoms with Crippen LogP contribution in [0.2, 0.25) is 0 Å². The third-order valence-electron chi connectivity index (χ3n) is 16.2. The molecule has 12 aromatic carbocycles. The first-order valence-corrected chi connectivity index (χ1v) is 28.3. The molecule has 0 radical (unpaired) electrons. The average Bonchev–Trinajstić information content (AvgIpc) is 4.38. The second kappa shape index (κ2) is 20.3. The van der Waals surface area contributed by atoms with Crippen LogP contribution in [0, 0.1) is 6.33 Å². The molecule has 0 aliphatic carbocycles. The molecule has 0 aliphatic rings. The standard InChI is InChI=1S/C78H50N4O2/c1-5-21-52(22-6-1)56-41-57(53-23-7-2-8-24-53)44-60(43-56)65-33-20-34-66(61-45-58(54-25-9-3-10-26-54)42-59(46-61)55-27-11-4-12-28-55)78(65)81-51-80(72-36-16-17-37-73(72)81)62-29-19-30-63(47-62)83-64-39-40-68-67-31-13-15-35-71(67)82(74(68)48-64)77-49-70-69-32-14-18-38-75(69)84-76(70)50-79-77/h1-50H. The van der Waals surface area contributed by atoms with Crippen molar-refractivity contribution < 1.29 is 13.7 Å². The summed E-state index contributed by atoms with van der Waals surface area (Å²) in [5.74, 6) is 2.19. The highest BCUT2D eigenvalue weighted by Crippen LogP contribution is 2.42. The third kappa shape index (κ3) is 8.60. The lowest BCUT2D eigenvalue weighted by molar-refractivity contribution is -0.571. The molecule has 4 heterocycles. The number of hydrogen-bond donors (Lipinski definition) is 0. The van der Waals surface area contributed by atoms with E-state index in [0.29, 0.717) is 11.5 Å². The summed E-state index contributed by atoms with van der Waals surface area (Å²) < 4.78 is 19.8. The maximum absolute atomic E-state index is 6.92. The van der Waals surface area contributed by atoms with Crippen molar-refractivity contribution in [2.24, 2.45) is 0 Å². The van der Waals surface area contributed by atoms with E-state index >= 15 is 0 Å². The Morgan fingerprint density at radius 1 is 0.345 bits per heavy atom. The molecule has 0 bridgehead atoms. The lowest BCUT2D eigenvalue weighted by Crippen LogP contribution is -2.31. The highest BCUT2D eigenvalue weighted by Gasteiger charge is 2.23. The summed E-state index contributed by atoms with van der Waals surface area (Å²) in [6, 6.07) is 105. The summed E-state index contributed by atoms with van der Waals surface area (Å²) in [6.45, 7) is 0. The Morgan fingerprint density at radius 2 is 0.845 bits per heavy atom. The summed E-state index contributed by atoms with van der Waals surface area (Å²) in [4.78, 5) is 4.98. The van der Waals surface area contributed by atoms with Crippen LogP contribution in [-0.2, 0) is 0 Å². The first-order chi connectivity index (χ1) is 41.6. The molecule has 16 aromatic rings. The van der Waals surface area contributed by atoms with Crippen molar-refractivity contribution in [1.82, 2.24) is 14.1 Å². The number of para-hydroxylation sites is 5. The number of nitrogens with zero attached hydrogens (tertiary/aromatic N) is 4. The van der Waals surface area contributed by atoms with E-state index in [2.05, 4.69) is 293 Å². The SMILES string of the molecule is [c-]1n(-c2cccc(Oc3ccc4c5ccccc5n(-c5cc6c(cn5)oc5ccccc56)c4c3)c2)c2ccccc2[n+]1-c1c(-c2cc(-c3ccccc3)cc(-c3ccccc3)c2)cccc1-c1cc(-c2ccccc2)cc(-c2ccccc2)c1. The third-order valence-corrected chi connectivity index (χ3v) is 16.2. The summed E-state index contributed by atoms with van der Waals surface area (Å²) in [7, 11) is 0. The van der Waals surface area contributed by atoms with E-state index in [-0.39, 0.29) is 0 Å². The topological polar surface area (TPSA) is 49.0 Å². The lowest BCUT2D eigenvalue weighted by Gasteiger charge is -2.20. The zero-order chi connectivity index (χ0) is 55.5. The summed E-state index contributed by atoms with van der Waals surface area (Å²) >= 11 is 0. The van der Waals surface area contributed by atoms with Gasteiger partial charge in [-0.15, -0.1) is 0 Å². The van der Waals surface area contributed by atoms with Crippen LogP contribution in [0.25, 0.3) is 139 Å². The zero-order valence-electron chi connectivity index (χ0n) is 45.5. The molecule has 0 saturated carbocycles. The number of fused-ring (bicyclic) bond motifs is 7. The zero-order valence-corrected chi connectivity index (χ0v) is 45.5. The van der Waals surface area contributed by atoms with Gasteiger partial charge >= 0.3 is 0 Å². The van der Waals surface area contributed by atoms with Crippen molar-refractivity contribution in [2.45, 2.75) is 0 Å². The van der Waals surface area contributed by atoms with Gasteiger partial charge in [0.05, 0.1) is 39.6 Å². The molecule has 6 nitrogen and oxygen atoms in total. The first-order valence-electron chi connectivity index (χ1n) is 28.3. The first kappa shape index (κ1) is 48.6. The van der Waals surface area contributed by atoms with Gasteiger partial charge in [-0.3, -0.25) is 13.7 Å². The molecule has 0 spiro atoms. The quantitative estimate of drug-likeness (QED) is 0.0958. The summed E-state index contributed by atoms with van der Waals surface area (Å²) in [5, 5.41) is 4.31. The Balaban J connectivity index is 0.866. The number of imidazole rings is 1.